The summed E-state index contributed by atoms with van der Waals surface area (Å²) in [5.74, 6) is 0.513. The van der Waals surface area contributed by atoms with Gasteiger partial charge in [-0.3, -0.25) is 20.2 Å². The fourth-order valence-corrected chi connectivity index (χ4v) is 2.76. The first-order valence-electron chi connectivity index (χ1n) is 7.27. The number of hydrogen-bond donors (Lipinski definition) is 2. The highest BCUT2D eigenvalue weighted by molar-refractivity contribution is 7.98. The first-order chi connectivity index (χ1) is 12.1. The van der Waals surface area contributed by atoms with Crippen LogP contribution in [0.1, 0.15) is 15.9 Å². The van der Waals surface area contributed by atoms with E-state index in [1.165, 1.54) is 36.0 Å². The van der Waals surface area contributed by atoms with Crippen molar-refractivity contribution in [1.29, 1.82) is 0 Å². The zero-order chi connectivity index (χ0) is 17.6. The van der Waals surface area contributed by atoms with Crippen molar-refractivity contribution in [3.63, 3.8) is 0 Å². The van der Waals surface area contributed by atoms with E-state index in [1.54, 1.807) is 0 Å². The number of non-ortho nitro benzene ring substituents is 1. The van der Waals surface area contributed by atoms with E-state index in [-0.39, 0.29) is 11.6 Å². The predicted molar refractivity (Wildman–Crippen MR) is 93.4 cm³/mol. The number of nitrogens with zero attached hydrogens (tertiary/aromatic N) is 3. The molecule has 9 heteroatoms. The van der Waals surface area contributed by atoms with Gasteiger partial charge in [-0.1, -0.05) is 42.1 Å². The number of hydrogen-bond acceptors (Lipinski definition) is 6. The summed E-state index contributed by atoms with van der Waals surface area (Å²) in [5, 5.41) is 20.4. The van der Waals surface area contributed by atoms with Gasteiger partial charge in [0, 0.05) is 23.4 Å². The fourth-order valence-electron chi connectivity index (χ4n) is 2.00. The van der Waals surface area contributed by atoms with Crippen LogP contribution < -0.4 is 5.32 Å². The maximum atomic E-state index is 12.1. The minimum absolute atomic E-state index is 0.0733. The summed E-state index contributed by atoms with van der Waals surface area (Å²) in [4.78, 5) is 26.4. The molecule has 0 bridgehead atoms. The molecule has 1 aromatic heterocycles. The van der Waals surface area contributed by atoms with Gasteiger partial charge in [0.25, 0.3) is 11.6 Å². The number of carbonyl (C=O) groups excluding carboxylic acids is 1. The quantitative estimate of drug-likeness (QED) is 0.398. The second-order valence-corrected chi connectivity index (χ2v) is 5.94. The molecule has 0 aliphatic rings. The summed E-state index contributed by atoms with van der Waals surface area (Å²) in [6.07, 6.45) is 0. The Labute approximate surface area is 146 Å². The second kappa shape index (κ2) is 7.58. The molecule has 1 amide bonds. The zero-order valence-electron chi connectivity index (χ0n) is 12.9. The van der Waals surface area contributed by atoms with Gasteiger partial charge >= 0.3 is 0 Å². The number of aromatic nitrogens is 3. The number of rotatable bonds is 6. The number of benzene rings is 2. The molecule has 1 heterocycles. The maximum Gasteiger partial charge on any atom is 0.269 e. The number of nitro groups is 1. The normalized spacial score (nSPS) is 10.4. The molecule has 0 aliphatic heterocycles. The molecule has 8 nitrogen and oxygen atoms in total. The van der Waals surface area contributed by atoms with E-state index >= 15 is 0 Å². The van der Waals surface area contributed by atoms with Crippen molar-refractivity contribution in [3.8, 4) is 0 Å². The molecule has 0 saturated heterocycles. The van der Waals surface area contributed by atoms with Crippen LogP contribution in [-0.4, -0.2) is 26.0 Å². The molecule has 3 aromatic rings. The third-order valence-corrected chi connectivity index (χ3v) is 4.17. The number of aromatic amines is 1. The first-order valence-corrected chi connectivity index (χ1v) is 8.25. The number of anilines is 1. The lowest BCUT2D eigenvalue weighted by molar-refractivity contribution is -0.384. The van der Waals surface area contributed by atoms with Crippen molar-refractivity contribution in [2.45, 2.75) is 10.9 Å². The Morgan fingerprint density at radius 3 is 2.56 bits per heavy atom. The number of H-pyrrole nitrogens is 1. The Hall–Kier alpha value is -3.20. The van der Waals surface area contributed by atoms with Crippen molar-refractivity contribution in [3.05, 3.63) is 75.8 Å². The van der Waals surface area contributed by atoms with E-state index in [0.29, 0.717) is 16.5 Å². The molecular formula is C16H13N5O3S. The standard InChI is InChI=1S/C16H13N5O3S/c22-14(12-6-8-13(9-7-12)21(23)24)17-15-18-16(20-19-15)25-10-11-4-2-1-3-5-11/h1-9H,10H2,(H2,17,18,19,20,22). The monoisotopic (exact) mass is 355 g/mol. The topological polar surface area (TPSA) is 114 Å². The molecular weight excluding hydrogens is 342 g/mol. The van der Waals surface area contributed by atoms with Crippen LogP contribution in [-0.2, 0) is 5.75 Å². The van der Waals surface area contributed by atoms with E-state index in [0.717, 1.165) is 5.56 Å². The van der Waals surface area contributed by atoms with Crippen LogP contribution in [0.2, 0.25) is 0 Å². The van der Waals surface area contributed by atoms with Crippen LogP contribution in [0.25, 0.3) is 0 Å². The Morgan fingerprint density at radius 1 is 1.16 bits per heavy atom. The molecule has 25 heavy (non-hydrogen) atoms. The van der Waals surface area contributed by atoms with Crippen LogP contribution >= 0.6 is 11.8 Å². The first kappa shape index (κ1) is 16.7. The molecule has 0 aliphatic carbocycles. The van der Waals surface area contributed by atoms with Gasteiger partial charge in [-0.25, -0.2) is 5.10 Å². The van der Waals surface area contributed by atoms with E-state index in [4.69, 9.17) is 0 Å². The van der Waals surface area contributed by atoms with Crippen LogP contribution in [0.3, 0.4) is 0 Å². The van der Waals surface area contributed by atoms with Crippen LogP contribution in [0.4, 0.5) is 11.6 Å². The molecule has 0 saturated carbocycles. The van der Waals surface area contributed by atoms with Gasteiger partial charge in [0.05, 0.1) is 4.92 Å². The molecule has 0 radical (unpaired) electrons. The molecule has 2 N–H and O–H groups in total. The van der Waals surface area contributed by atoms with Crippen molar-refractivity contribution in [2.75, 3.05) is 5.32 Å². The average Bonchev–Trinajstić information content (AvgIpc) is 3.08. The Bertz CT molecular complexity index is 880. The summed E-state index contributed by atoms with van der Waals surface area (Å²) in [6.45, 7) is 0. The largest absolute Gasteiger partial charge is 0.291 e. The van der Waals surface area contributed by atoms with Crippen molar-refractivity contribution >= 4 is 29.3 Å². The molecule has 0 unspecified atom stereocenters. The smallest absolute Gasteiger partial charge is 0.269 e. The lowest BCUT2D eigenvalue weighted by atomic mass is 10.2. The van der Waals surface area contributed by atoms with E-state index in [1.807, 2.05) is 30.3 Å². The summed E-state index contributed by atoms with van der Waals surface area (Å²) >= 11 is 1.44. The third kappa shape index (κ3) is 4.42. The summed E-state index contributed by atoms with van der Waals surface area (Å²) in [5.41, 5.74) is 1.37. The molecule has 3 rings (SSSR count). The number of nitro benzene ring substituents is 1. The van der Waals surface area contributed by atoms with Gasteiger partial charge in [0.2, 0.25) is 11.1 Å². The zero-order valence-corrected chi connectivity index (χ0v) is 13.7. The van der Waals surface area contributed by atoms with Gasteiger partial charge in [-0.05, 0) is 17.7 Å². The van der Waals surface area contributed by atoms with E-state index in [9.17, 15) is 14.9 Å². The fraction of sp³-hybridized carbons (Fsp3) is 0.0625. The minimum Gasteiger partial charge on any atom is -0.291 e. The van der Waals surface area contributed by atoms with Gasteiger partial charge < -0.3 is 0 Å². The molecule has 0 atom stereocenters. The number of amides is 1. The summed E-state index contributed by atoms with van der Waals surface area (Å²) < 4.78 is 0. The SMILES string of the molecule is O=C(Nc1nc(SCc2ccccc2)n[nH]1)c1ccc([N+](=O)[O-])cc1. The average molecular weight is 355 g/mol. The van der Waals surface area contributed by atoms with Gasteiger partial charge in [-0.2, -0.15) is 4.98 Å². The lowest BCUT2D eigenvalue weighted by Crippen LogP contribution is -2.12. The van der Waals surface area contributed by atoms with Crippen LogP contribution in [0.5, 0.6) is 0 Å². The number of thioether (sulfide) groups is 1. The second-order valence-electron chi connectivity index (χ2n) is 5.00. The summed E-state index contributed by atoms with van der Waals surface area (Å²) in [7, 11) is 0. The predicted octanol–water partition coefficient (Wildman–Crippen LogP) is 3.26. The van der Waals surface area contributed by atoms with Crippen molar-refractivity contribution in [1.82, 2.24) is 15.2 Å². The van der Waals surface area contributed by atoms with Crippen LogP contribution in [0, 0.1) is 10.1 Å². The van der Waals surface area contributed by atoms with Crippen LogP contribution in [0.15, 0.2) is 59.8 Å². The Kier molecular flexibility index (Phi) is 5.05. The summed E-state index contributed by atoms with van der Waals surface area (Å²) in [6, 6.07) is 15.2. The molecule has 0 spiro atoms. The molecule has 126 valence electrons. The number of carbonyl (C=O) groups is 1. The Balaban J connectivity index is 1.58. The van der Waals surface area contributed by atoms with Gasteiger partial charge in [0.1, 0.15) is 0 Å². The van der Waals surface area contributed by atoms with E-state index in [2.05, 4.69) is 20.5 Å². The highest BCUT2D eigenvalue weighted by Crippen LogP contribution is 2.20. The highest BCUT2D eigenvalue weighted by atomic mass is 32.2. The van der Waals surface area contributed by atoms with Gasteiger partial charge in [-0.15, -0.1) is 5.10 Å². The van der Waals surface area contributed by atoms with E-state index < -0.39 is 10.8 Å². The third-order valence-electron chi connectivity index (χ3n) is 3.25. The van der Waals surface area contributed by atoms with Crippen molar-refractivity contribution < 1.29 is 9.72 Å². The number of nitrogens with one attached hydrogen (secondary N) is 2. The molecule has 0 fully saturated rings. The molecule has 2 aromatic carbocycles. The highest BCUT2D eigenvalue weighted by Gasteiger charge is 2.12. The van der Waals surface area contributed by atoms with Crippen molar-refractivity contribution in [2.24, 2.45) is 0 Å². The minimum atomic E-state index is -0.519. The van der Waals surface area contributed by atoms with Gasteiger partial charge in [0.15, 0.2) is 0 Å². The Morgan fingerprint density at radius 2 is 1.88 bits per heavy atom. The maximum absolute atomic E-state index is 12.1. The lowest BCUT2D eigenvalue weighted by Gasteiger charge is -2.01.